The van der Waals surface area contributed by atoms with Crippen molar-refractivity contribution in [3.8, 4) is 0 Å². The number of aromatic amines is 1. The lowest BCUT2D eigenvalue weighted by Crippen LogP contribution is -2.38. The molecule has 2 N–H and O–H groups in total. The fourth-order valence-electron chi connectivity index (χ4n) is 4.17. The van der Waals surface area contributed by atoms with Gasteiger partial charge < -0.3 is 10.1 Å². The van der Waals surface area contributed by atoms with Gasteiger partial charge in [0.2, 0.25) is 5.91 Å². The topological polar surface area (TPSA) is 79.9 Å². The van der Waals surface area contributed by atoms with Crippen molar-refractivity contribution in [2.45, 2.75) is 58.9 Å². The van der Waals surface area contributed by atoms with Gasteiger partial charge in [-0.15, -0.1) is 0 Å². The predicted molar refractivity (Wildman–Crippen MR) is 86.7 cm³/mol. The first kappa shape index (κ1) is 16.4. The minimum absolute atomic E-state index is 0.111. The molecule has 128 valence electrons. The van der Waals surface area contributed by atoms with E-state index in [4.69, 9.17) is 4.74 Å². The van der Waals surface area contributed by atoms with Gasteiger partial charge in [-0.1, -0.05) is 20.8 Å². The van der Waals surface area contributed by atoms with E-state index >= 15 is 0 Å². The van der Waals surface area contributed by atoms with Crippen LogP contribution in [0.25, 0.3) is 0 Å². The standard InChI is InChI=1S/C17H28N4O2/c1-11-6-13(8-17(2,3)7-11)16(22)18-9-14-19-15(21-20-14)12-4-5-23-10-12/h11-13H,4-10H2,1-3H3,(H,18,22)(H,19,20,21). The third-order valence-electron chi connectivity index (χ3n) is 5.03. The fourth-order valence-corrected chi connectivity index (χ4v) is 4.17. The highest BCUT2D eigenvalue weighted by atomic mass is 16.5. The van der Waals surface area contributed by atoms with Crippen molar-refractivity contribution in [3.63, 3.8) is 0 Å². The van der Waals surface area contributed by atoms with Crippen LogP contribution in [-0.4, -0.2) is 34.3 Å². The second-order valence-corrected chi connectivity index (χ2v) is 8.03. The highest BCUT2D eigenvalue weighted by Gasteiger charge is 2.35. The number of carbonyl (C=O) groups is 1. The zero-order valence-electron chi connectivity index (χ0n) is 14.4. The summed E-state index contributed by atoms with van der Waals surface area (Å²) in [6.45, 7) is 8.66. The quantitative estimate of drug-likeness (QED) is 0.892. The van der Waals surface area contributed by atoms with Crippen LogP contribution in [0.2, 0.25) is 0 Å². The third kappa shape index (κ3) is 4.10. The monoisotopic (exact) mass is 320 g/mol. The average Bonchev–Trinajstić information content (AvgIpc) is 3.13. The third-order valence-corrected chi connectivity index (χ3v) is 5.03. The van der Waals surface area contributed by atoms with E-state index < -0.39 is 0 Å². The molecule has 1 aliphatic carbocycles. The Morgan fingerprint density at radius 3 is 2.96 bits per heavy atom. The van der Waals surface area contributed by atoms with E-state index in [0.717, 1.165) is 37.5 Å². The molecule has 2 heterocycles. The summed E-state index contributed by atoms with van der Waals surface area (Å²) in [5.41, 5.74) is 0.252. The van der Waals surface area contributed by atoms with Gasteiger partial charge in [-0.05, 0) is 37.0 Å². The summed E-state index contributed by atoms with van der Waals surface area (Å²) < 4.78 is 5.36. The SMILES string of the molecule is CC1CC(C(=O)NCc2nc(C3CCOC3)n[nH]2)CC(C)(C)C1. The molecule has 1 saturated carbocycles. The Bertz CT molecular complexity index is 549. The minimum atomic E-state index is 0.111. The minimum Gasteiger partial charge on any atom is -0.381 e. The number of ether oxygens (including phenoxy) is 1. The van der Waals surface area contributed by atoms with E-state index in [-0.39, 0.29) is 23.2 Å². The number of H-pyrrole nitrogens is 1. The molecule has 23 heavy (non-hydrogen) atoms. The number of amides is 1. The number of aromatic nitrogens is 3. The van der Waals surface area contributed by atoms with Crippen LogP contribution in [0.4, 0.5) is 0 Å². The molecule has 3 rings (SSSR count). The molecule has 0 bridgehead atoms. The Morgan fingerprint density at radius 1 is 1.43 bits per heavy atom. The molecule has 6 heteroatoms. The van der Waals surface area contributed by atoms with Gasteiger partial charge in [-0.2, -0.15) is 5.10 Å². The van der Waals surface area contributed by atoms with Crippen molar-refractivity contribution in [1.29, 1.82) is 0 Å². The maximum absolute atomic E-state index is 12.5. The van der Waals surface area contributed by atoms with Crippen molar-refractivity contribution in [2.24, 2.45) is 17.3 Å². The normalized spacial score (nSPS) is 30.3. The van der Waals surface area contributed by atoms with Crippen LogP contribution in [0.3, 0.4) is 0 Å². The fraction of sp³-hybridized carbons (Fsp3) is 0.824. The molecular weight excluding hydrogens is 292 g/mol. The summed E-state index contributed by atoms with van der Waals surface area (Å²) in [5.74, 6) is 2.68. The van der Waals surface area contributed by atoms with Crippen molar-refractivity contribution in [3.05, 3.63) is 11.6 Å². The van der Waals surface area contributed by atoms with Gasteiger partial charge in [0.05, 0.1) is 13.2 Å². The van der Waals surface area contributed by atoms with E-state index in [9.17, 15) is 4.79 Å². The highest BCUT2D eigenvalue weighted by Crippen LogP contribution is 2.41. The lowest BCUT2D eigenvalue weighted by Gasteiger charge is -2.38. The molecule has 0 spiro atoms. The van der Waals surface area contributed by atoms with Crippen LogP contribution in [-0.2, 0) is 16.1 Å². The van der Waals surface area contributed by atoms with Crippen LogP contribution in [0.5, 0.6) is 0 Å². The molecule has 0 aromatic carbocycles. The number of hydrogen-bond donors (Lipinski definition) is 2. The van der Waals surface area contributed by atoms with Crippen LogP contribution >= 0.6 is 0 Å². The first-order valence-electron chi connectivity index (χ1n) is 8.69. The molecule has 2 aliphatic rings. The molecule has 6 nitrogen and oxygen atoms in total. The Morgan fingerprint density at radius 2 is 2.26 bits per heavy atom. The van der Waals surface area contributed by atoms with Crippen molar-refractivity contribution in [2.75, 3.05) is 13.2 Å². The summed E-state index contributed by atoms with van der Waals surface area (Å²) in [6, 6.07) is 0. The van der Waals surface area contributed by atoms with Gasteiger partial charge in [-0.25, -0.2) is 4.98 Å². The zero-order valence-corrected chi connectivity index (χ0v) is 14.4. The molecule has 0 radical (unpaired) electrons. The largest absolute Gasteiger partial charge is 0.381 e. The van der Waals surface area contributed by atoms with E-state index in [1.165, 1.54) is 6.42 Å². The number of nitrogens with zero attached hydrogens (tertiary/aromatic N) is 2. The van der Waals surface area contributed by atoms with E-state index in [1.54, 1.807) is 0 Å². The first-order chi connectivity index (χ1) is 10.9. The van der Waals surface area contributed by atoms with Gasteiger partial charge in [-0.3, -0.25) is 9.89 Å². The molecule has 1 saturated heterocycles. The lowest BCUT2D eigenvalue weighted by atomic mass is 9.68. The summed E-state index contributed by atoms with van der Waals surface area (Å²) in [6.07, 6.45) is 4.12. The molecule has 1 aliphatic heterocycles. The van der Waals surface area contributed by atoms with Gasteiger partial charge in [0, 0.05) is 18.4 Å². The summed E-state index contributed by atoms with van der Waals surface area (Å²) in [4.78, 5) is 17.0. The molecule has 3 unspecified atom stereocenters. The summed E-state index contributed by atoms with van der Waals surface area (Å²) in [7, 11) is 0. The van der Waals surface area contributed by atoms with Gasteiger partial charge in [0.1, 0.15) is 5.82 Å². The number of hydrogen-bond acceptors (Lipinski definition) is 4. The summed E-state index contributed by atoms with van der Waals surface area (Å²) in [5, 5.41) is 10.2. The van der Waals surface area contributed by atoms with Crippen LogP contribution in [0, 0.1) is 17.3 Å². The molecule has 1 aromatic rings. The van der Waals surface area contributed by atoms with Crippen LogP contribution in [0.15, 0.2) is 0 Å². The van der Waals surface area contributed by atoms with Crippen LogP contribution < -0.4 is 5.32 Å². The second-order valence-electron chi connectivity index (χ2n) is 8.03. The van der Waals surface area contributed by atoms with E-state index in [2.05, 4.69) is 41.3 Å². The second kappa shape index (κ2) is 6.59. The molecule has 1 aromatic heterocycles. The predicted octanol–water partition coefficient (Wildman–Crippen LogP) is 2.39. The Labute approximate surface area is 137 Å². The average molecular weight is 320 g/mol. The van der Waals surface area contributed by atoms with E-state index in [1.807, 2.05) is 0 Å². The van der Waals surface area contributed by atoms with Crippen molar-refractivity contribution in [1.82, 2.24) is 20.5 Å². The Balaban J connectivity index is 1.52. The van der Waals surface area contributed by atoms with Gasteiger partial charge in [0.25, 0.3) is 0 Å². The maximum atomic E-state index is 12.5. The lowest BCUT2D eigenvalue weighted by molar-refractivity contribution is -0.128. The van der Waals surface area contributed by atoms with Crippen molar-refractivity contribution < 1.29 is 9.53 Å². The maximum Gasteiger partial charge on any atom is 0.223 e. The molecular formula is C17H28N4O2. The number of nitrogens with one attached hydrogen (secondary N) is 2. The van der Waals surface area contributed by atoms with Crippen LogP contribution in [0.1, 0.15) is 64.0 Å². The Hall–Kier alpha value is -1.43. The molecule has 1 amide bonds. The Kier molecular flexibility index (Phi) is 4.71. The van der Waals surface area contributed by atoms with Gasteiger partial charge >= 0.3 is 0 Å². The molecule has 2 fully saturated rings. The number of carbonyl (C=O) groups excluding carboxylic acids is 1. The first-order valence-corrected chi connectivity index (χ1v) is 8.69. The highest BCUT2D eigenvalue weighted by molar-refractivity contribution is 5.78. The molecule has 3 atom stereocenters. The van der Waals surface area contributed by atoms with Crippen molar-refractivity contribution >= 4 is 5.91 Å². The number of rotatable bonds is 4. The smallest absolute Gasteiger partial charge is 0.223 e. The summed E-state index contributed by atoms with van der Waals surface area (Å²) >= 11 is 0. The van der Waals surface area contributed by atoms with E-state index in [0.29, 0.717) is 19.1 Å². The van der Waals surface area contributed by atoms with Gasteiger partial charge in [0.15, 0.2) is 5.82 Å². The zero-order chi connectivity index (χ0) is 16.4.